The number of benzene rings is 2. The van der Waals surface area contributed by atoms with Crippen LogP contribution in [0.1, 0.15) is 22.0 Å². The molecule has 0 bridgehead atoms. The predicted molar refractivity (Wildman–Crippen MR) is 70.3 cm³/mol. The number of carboxylic acids is 1. The molecule has 2 aromatic carbocycles. The Balaban J connectivity index is 1.93. The Labute approximate surface area is 110 Å². The highest BCUT2D eigenvalue weighted by Crippen LogP contribution is 2.16. The van der Waals surface area contributed by atoms with Gasteiger partial charge in [0.05, 0.1) is 5.56 Å². The van der Waals surface area contributed by atoms with Crippen LogP contribution in [0.2, 0.25) is 0 Å². The van der Waals surface area contributed by atoms with Crippen molar-refractivity contribution in [2.24, 2.45) is 0 Å². The number of aliphatic hydroxyl groups excluding tert-OH is 1. The SMILES string of the molecule is O=C(O)c1ccc(OCC(O)c2ccccc2)cc1. The van der Waals surface area contributed by atoms with E-state index in [9.17, 15) is 9.90 Å². The largest absolute Gasteiger partial charge is 0.491 e. The van der Waals surface area contributed by atoms with Crippen LogP contribution < -0.4 is 4.74 Å². The minimum absolute atomic E-state index is 0.121. The molecule has 2 aromatic rings. The van der Waals surface area contributed by atoms with Gasteiger partial charge in [0.2, 0.25) is 0 Å². The van der Waals surface area contributed by atoms with Gasteiger partial charge in [-0.2, -0.15) is 0 Å². The van der Waals surface area contributed by atoms with Gasteiger partial charge in [0.1, 0.15) is 18.5 Å². The zero-order valence-electron chi connectivity index (χ0n) is 10.2. The summed E-state index contributed by atoms with van der Waals surface area (Å²) < 4.78 is 5.41. The lowest BCUT2D eigenvalue weighted by molar-refractivity contribution is 0.0696. The Morgan fingerprint density at radius 1 is 1.05 bits per heavy atom. The second-order valence-electron chi connectivity index (χ2n) is 4.07. The molecule has 0 fully saturated rings. The lowest BCUT2D eigenvalue weighted by Crippen LogP contribution is -2.09. The minimum atomic E-state index is -0.976. The third-order valence-electron chi connectivity index (χ3n) is 2.69. The van der Waals surface area contributed by atoms with Gasteiger partial charge in [-0.15, -0.1) is 0 Å². The van der Waals surface area contributed by atoms with Crippen molar-refractivity contribution in [1.29, 1.82) is 0 Å². The third kappa shape index (κ3) is 3.56. The van der Waals surface area contributed by atoms with Crippen LogP contribution in [-0.2, 0) is 0 Å². The van der Waals surface area contributed by atoms with E-state index in [0.717, 1.165) is 5.56 Å². The fourth-order valence-corrected chi connectivity index (χ4v) is 1.64. The van der Waals surface area contributed by atoms with E-state index in [0.29, 0.717) is 5.75 Å². The summed E-state index contributed by atoms with van der Waals surface area (Å²) >= 11 is 0. The van der Waals surface area contributed by atoms with Crippen LogP contribution in [0.4, 0.5) is 0 Å². The van der Waals surface area contributed by atoms with Crippen molar-refractivity contribution in [2.45, 2.75) is 6.10 Å². The summed E-state index contributed by atoms with van der Waals surface area (Å²) in [5.74, 6) is -0.448. The zero-order valence-corrected chi connectivity index (χ0v) is 10.2. The average molecular weight is 258 g/mol. The number of hydrogen-bond donors (Lipinski definition) is 2. The van der Waals surface area contributed by atoms with Gasteiger partial charge in [-0.25, -0.2) is 4.79 Å². The molecular formula is C15H14O4. The van der Waals surface area contributed by atoms with Gasteiger partial charge in [-0.3, -0.25) is 0 Å². The van der Waals surface area contributed by atoms with Crippen LogP contribution in [0.15, 0.2) is 54.6 Å². The van der Waals surface area contributed by atoms with Crippen molar-refractivity contribution in [1.82, 2.24) is 0 Å². The van der Waals surface area contributed by atoms with Gasteiger partial charge in [0.25, 0.3) is 0 Å². The molecule has 4 nitrogen and oxygen atoms in total. The van der Waals surface area contributed by atoms with Crippen molar-refractivity contribution >= 4 is 5.97 Å². The fourth-order valence-electron chi connectivity index (χ4n) is 1.64. The normalized spacial score (nSPS) is 11.8. The van der Waals surface area contributed by atoms with Crippen molar-refractivity contribution in [3.8, 4) is 5.75 Å². The maximum atomic E-state index is 10.7. The summed E-state index contributed by atoms with van der Waals surface area (Å²) in [7, 11) is 0. The predicted octanol–water partition coefficient (Wildman–Crippen LogP) is 2.50. The van der Waals surface area contributed by atoms with E-state index in [-0.39, 0.29) is 12.2 Å². The number of aromatic carboxylic acids is 1. The van der Waals surface area contributed by atoms with Gasteiger partial charge in [-0.05, 0) is 29.8 Å². The minimum Gasteiger partial charge on any atom is -0.491 e. The van der Waals surface area contributed by atoms with Crippen LogP contribution in [0.5, 0.6) is 5.75 Å². The highest BCUT2D eigenvalue weighted by molar-refractivity contribution is 5.87. The molecule has 0 radical (unpaired) electrons. The molecule has 0 heterocycles. The summed E-state index contributed by atoms with van der Waals surface area (Å²) in [5.41, 5.74) is 0.987. The Kier molecular flexibility index (Phi) is 4.15. The van der Waals surface area contributed by atoms with E-state index in [1.807, 2.05) is 30.3 Å². The van der Waals surface area contributed by atoms with Crippen LogP contribution in [0.25, 0.3) is 0 Å². The van der Waals surface area contributed by atoms with Gasteiger partial charge in [0, 0.05) is 0 Å². The quantitative estimate of drug-likeness (QED) is 0.864. The number of carbonyl (C=O) groups is 1. The first kappa shape index (κ1) is 13.1. The number of ether oxygens (including phenoxy) is 1. The fraction of sp³-hybridized carbons (Fsp3) is 0.133. The first-order chi connectivity index (χ1) is 9.16. The number of rotatable bonds is 5. The number of carboxylic acid groups (broad SMARTS) is 1. The molecule has 1 atom stereocenters. The Morgan fingerprint density at radius 2 is 1.68 bits per heavy atom. The molecule has 98 valence electrons. The van der Waals surface area contributed by atoms with E-state index >= 15 is 0 Å². The highest BCUT2D eigenvalue weighted by atomic mass is 16.5. The van der Waals surface area contributed by atoms with E-state index in [1.54, 1.807) is 12.1 Å². The number of aliphatic hydroxyl groups is 1. The zero-order chi connectivity index (χ0) is 13.7. The first-order valence-corrected chi connectivity index (χ1v) is 5.86. The molecule has 4 heteroatoms. The molecule has 19 heavy (non-hydrogen) atoms. The molecule has 2 rings (SSSR count). The molecule has 0 aliphatic rings. The molecule has 1 unspecified atom stereocenters. The Hall–Kier alpha value is -2.33. The molecule has 0 amide bonds. The second-order valence-corrected chi connectivity index (χ2v) is 4.07. The van der Waals surface area contributed by atoms with Crippen molar-refractivity contribution in [3.05, 3.63) is 65.7 Å². The van der Waals surface area contributed by atoms with Gasteiger partial charge < -0.3 is 14.9 Å². The van der Waals surface area contributed by atoms with Crippen LogP contribution >= 0.6 is 0 Å². The average Bonchev–Trinajstić information content (AvgIpc) is 2.46. The molecule has 0 aliphatic carbocycles. The summed E-state index contributed by atoms with van der Waals surface area (Å²) in [6.45, 7) is 0.121. The Morgan fingerprint density at radius 3 is 2.26 bits per heavy atom. The molecule has 0 saturated carbocycles. The monoisotopic (exact) mass is 258 g/mol. The van der Waals surface area contributed by atoms with Crippen LogP contribution in [0, 0.1) is 0 Å². The van der Waals surface area contributed by atoms with Crippen molar-refractivity contribution < 1.29 is 19.7 Å². The smallest absolute Gasteiger partial charge is 0.335 e. The van der Waals surface area contributed by atoms with E-state index in [4.69, 9.17) is 9.84 Å². The van der Waals surface area contributed by atoms with Crippen molar-refractivity contribution in [2.75, 3.05) is 6.61 Å². The maximum Gasteiger partial charge on any atom is 0.335 e. The topological polar surface area (TPSA) is 66.8 Å². The molecule has 0 saturated heterocycles. The third-order valence-corrected chi connectivity index (χ3v) is 2.69. The Bertz CT molecular complexity index is 534. The molecular weight excluding hydrogens is 244 g/mol. The summed E-state index contributed by atoms with van der Waals surface area (Å²) in [4.78, 5) is 10.7. The highest BCUT2D eigenvalue weighted by Gasteiger charge is 2.08. The lowest BCUT2D eigenvalue weighted by atomic mass is 10.1. The summed E-state index contributed by atoms with van der Waals surface area (Å²) in [5, 5.41) is 18.7. The van der Waals surface area contributed by atoms with Gasteiger partial charge in [0.15, 0.2) is 0 Å². The van der Waals surface area contributed by atoms with Gasteiger partial charge in [-0.1, -0.05) is 30.3 Å². The standard InChI is InChI=1S/C15H14O4/c16-14(11-4-2-1-3-5-11)10-19-13-8-6-12(7-9-13)15(17)18/h1-9,14,16H,10H2,(H,17,18). The number of hydrogen-bond acceptors (Lipinski definition) is 3. The first-order valence-electron chi connectivity index (χ1n) is 5.86. The summed E-state index contributed by atoms with van der Waals surface area (Å²) in [6, 6.07) is 15.3. The molecule has 0 aliphatic heterocycles. The van der Waals surface area contributed by atoms with E-state index in [1.165, 1.54) is 12.1 Å². The summed E-state index contributed by atoms with van der Waals surface area (Å²) in [6.07, 6.45) is -0.708. The molecule has 2 N–H and O–H groups in total. The van der Waals surface area contributed by atoms with Crippen LogP contribution in [0.3, 0.4) is 0 Å². The van der Waals surface area contributed by atoms with Crippen molar-refractivity contribution in [3.63, 3.8) is 0 Å². The van der Waals surface area contributed by atoms with Crippen LogP contribution in [-0.4, -0.2) is 22.8 Å². The van der Waals surface area contributed by atoms with E-state index < -0.39 is 12.1 Å². The second kappa shape index (κ2) is 6.02. The molecule has 0 spiro atoms. The van der Waals surface area contributed by atoms with Gasteiger partial charge >= 0.3 is 5.97 Å². The molecule has 0 aromatic heterocycles. The lowest BCUT2D eigenvalue weighted by Gasteiger charge is -2.12. The maximum absolute atomic E-state index is 10.7. The van der Waals surface area contributed by atoms with E-state index in [2.05, 4.69) is 0 Å².